The summed E-state index contributed by atoms with van der Waals surface area (Å²) in [5.74, 6) is 0.499. The Hall–Kier alpha value is -0.120. The highest BCUT2D eigenvalue weighted by Crippen LogP contribution is 2.66. The molecule has 4 rings (SSSR count). The molecule has 0 bridgehead atoms. The van der Waals surface area contributed by atoms with E-state index in [1.165, 1.54) is 51.9 Å². The topological polar surface area (TPSA) is 9.26 Å². The van der Waals surface area contributed by atoms with Crippen LogP contribution < -0.4 is 0 Å². The van der Waals surface area contributed by atoms with Crippen molar-refractivity contribution in [2.45, 2.75) is 37.6 Å². The molecule has 4 fully saturated rings. The van der Waals surface area contributed by atoms with Gasteiger partial charge < -0.3 is 0 Å². The third-order valence-electron chi connectivity index (χ3n) is 4.27. The van der Waals surface area contributed by atoms with Crippen LogP contribution in [0.3, 0.4) is 0 Å². The van der Waals surface area contributed by atoms with Crippen molar-refractivity contribution in [1.82, 2.24) is 14.7 Å². The summed E-state index contributed by atoms with van der Waals surface area (Å²) in [7, 11) is 0. The highest BCUT2D eigenvalue weighted by Gasteiger charge is 2.87. The van der Waals surface area contributed by atoms with Gasteiger partial charge in [-0.1, -0.05) is 6.42 Å². The van der Waals surface area contributed by atoms with Crippen LogP contribution in [0, 0.1) is 0 Å². The molecule has 0 aromatic rings. The summed E-state index contributed by atoms with van der Waals surface area (Å²) in [5, 5.41) is 0. The second-order valence-electron chi connectivity index (χ2n) is 4.85. The van der Waals surface area contributed by atoms with Crippen molar-refractivity contribution in [1.29, 1.82) is 0 Å². The van der Waals surface area contributed by atoms with E-state index < -0.39 is 0 Å². The molecule has 3 nitrogen and oxygen atoms in total. The zero-order chi connectivity index (χ0) is 8.47. The summed E-state index contributed by atoms with van der Waals surface area (Å²) < 4.78 is 0. The molecule has 0 aliphatic carbocycles. The smallest absolute Gasteiger partial charge is 0.164 e. The fourth-order valence-electron chi connectivity index (χ4n) is 3.62. The van der Waals surface area contributed by atoms with Crippen molar-refractivity contribution >= 4 is 0 Å². The van der Waals surface area contributed by atoms with Crippen LogP contribution in [0.4, 0.5) is 0 Å². The molecule has 1 spiro atoms. The number of fused-ring (bicyclic) bond motifs is 2. The van der Waals surface area contributed by atoms with Gasteiger partial charge in [-0.3, -0.25) is 4.90 Å². The fraction of sp³-hybridized carbons (Fsp3) is 1.00. The van der Waals surface area contributed by atoms with Gasteiger partial charge in [0, 0.05) is 26.2 Å². The highest BCUT2D eigenvalue weighted by molar-refractivity contribution is 5.31. The maximum Gasteiger partial charge on any atom is 0.164 e. The summed E-state index contributed by atoms with van der Waals surface area (Å²) in [6, 6.07) is 0. The molecular formula is C10H17N3. The van der Waals surface area contributed by atoms with E-state index in [-0.39, 0.29) is 0 Å². The van der Waals surface area contributed by atoms with Gasteiger partial charge >= 0.3 is 0 Å². The average molecular weight is 179 g/mol. The normalized spacial score (nSPS) is 58.6. The van der Waals surface area contributed by atoms with Crippen molar-refractivity contribution in [3.05, 3.63) is 0 Å². The van der Waals surface area contributed by atoms with E-state index >= 15 is 0 Å². The molecule has 4 saturated heterocycles. The van der Waals surface area contributed by atoms with E-state index in [0.717, 1.165) is 6.17 Å². The molecule has 4 aliphatic heterocycles. The molecule has 3 heteroatoms. The highest BCUT2D eigenvalue weighted by atomic mass is 15.9. The molecule has 4 aliphatic rings. The maximum absolute atomic E-state index is 2.74. The average Bonchev–Trinajstić information content (AvgIpc) is 2.91. The molecule has 0 radical (unpaired) electrons. The molecule has 4 atom stereocenters. The molecule has 0 N–H and O–H groups in total. The number of nitrogens with zero attached hydrogens (tertiary/aromatic N) is 3. The van der Waals surface area contributed by atoms with Gasteiger partial charge in [-0.05, 0) is 19.3 Å². The van der Waals surface area contributed by atoms with Crippen molar-refractivity contribution in [2.75, 3.05) is 26.2 Å². The van der Waals surface area contributed by atoms with Gasteiger partial charge in [0.2, 0.25) is 0 Å². The summed E-state index contributed by atoms with van der Waals surface area (Å²) >= 11 is 0. The van der Waals surface area contributed by atoms with Crippen LogP contribution in [0.1, 0.15) is 25.7 Å². The van der Waals surface area contributed by atoms with Crippen LogP contribution in [0.2, 0.25) is 0 Å². The Morgan fingerprint density at radius 1 is 0.769 bits per heavy atom. The third kappa shape index (κ3) is 0.661. The van der Waals surface area contributed by atoms with Gasteiger partial charge in [0.1, 0.15) is 6.17 Å². The monoisotopic (exact) mass is 179 g/mol. The van der Waals surface area contributed by atoms with Gasteiger partial charge in [0.25, 0.3) is 0 Å². The molecule has 13 heavy (non-hydrogen) atoms. The quantitative estimate of drug-likeness (QED) is 0.501. The van der Waals surface area contributed by atoms with Crippen molar-refractivity contribution < 1.29 is 0 Å². The van der Waals surface area contributed by atoms with E-state index in [1.54, 1.807) is 0 Å². The van der Waals surface area contributed by atoms with E-state index in [2.05, 4.69) is 14.7 Å². The lowest BCUT2D eigenvalue weighted by molar-refractivity contribution is -0.0132. The van der Waals surface area contributed by atoms with Gasteiger partial charge in [-0.15, -0.1) is 0 Å². The zero-order valence-electron chi connectivity index (χ0n) is 8.08. The second-order valence-corrected chi connectivity index (χ2v) is 4.85. The second kappa shape index (κ2) is 2.10. The van der Waals surface area contributed by atoms with Crippen LogP contribution in [-0.2, 0) is 0 Å². The first kappa shape index (κ1) is 7.21. The molecular weight excluding hydrogens is 162 g/mol. The molecule has 3 unspecified atom stereocenters. The Labute approximate surface area is 79.3 Å². The molecule has 0 amide bonds. The van der Waals surface area contributed by atoms with Crippen molar-refractivity contribution in [3.63, 3.8) is 0 Å². The van der Waals surface area contributed by atoms with Gasteiger partial charge in [0.15, 0.2) is 5.79 Å². The predicted octanol–water partition coefficient (Wildman–Crippen LogP) is 0.487. The van der Waals surface area contributed by atoms with E-state index in [9.17, 15) is 0 Å². The largest absolute Gasteiger partial charge is 0.270 e. The van der Waals surface area contributed by atoms with Gasteiger partial charge in [-0.25, -0.2) is 9.80 Å². The lowest BCUT2D eigenvalue weighted by atomic mass is 10.2. The lowest BCUT2D eigenvalue weighted by Gasteiger charge is -2.38. The molecule has 4 heterocycles. The number of hydrogen-bond donors (Lipinski definition) is 0. The van der Waals surface area contributed by atoms with Crippen LogP contribution >= 0.6 is 0 Å². The van der Waals surface area contributed by atoms with E-state index in [4.69, 9.17) is 0 Å². The fourth-order valence-corrected chi connectivity index (χ4v) is 3.62. The molecule has 0 saturated carbocycles. The maximum atomic E-state index is 2.74. The Bertz CT molecular complexity index is 249. The minimum atomic E-state index is 0.499. The van der Waals surface area contributed by atoms with Crippen LogP contribution in [0.25, 0.3) is 0 Å². The SMILES string of the molecule is C1CCN2CCCN3[C@H]4N(CC1)C423. The Morgan fingerprint density at radius 3 is 2.38 bits per heavy atom. The summed E-state index contributed by atoms with van der Waals surface area (Å²) in [6.07, 6.45) is 6.55. The lowest BCUT2D eigenvalue weighted by Crippen LogP contribution is -2.51. The van der Waals surface area contributed by atoms with Crippen LogP contribution in [0.5, 0.6) is 0 Å². The summed E-state index contributed by atoms with van der Waals surface area (Å²) in [5.41, 5.74) is 0. The van der Waals surface area contributed by atoms with Crippen LogP contribution in [0.15, 0.2) is 0 Å². The molecule has 72 valence electrons. The first-order valence-corrected chi connectivity index (χ1v) is 5.74. The van der Waals surface area contributed by atoms with Crippen LogP contribution in [-0.4, -0.2) is 52.8 Å². The standard InChI is InChI=1S/C10H17N3/c1-2-5-11-6-4-8-13-9-10(11,13)12(9)7-3-1/h9H,1-8H2/t9-,10?,12?,13?/m1/s1. The van der Waals surface area contributed by atoms with Gasteiger partial charge in [0.05, 0.1) is 0 Å². The number of rotatable bonds is 0. The zero-order valence-corrected chi connectivity index (χ0v) is 8.08. The van der Waals surface area contributed by atoms with Crippen molar-refractivity contribution in [2.24, 2.45) is 0 Å². The Morgan fingerprint density at radius 2 is 1.46 bits per heavy atom. The first-order valence-electron chi connectivity index (χ1n) is 5.74. The van der Waals surface area contributed by atoms with E-state index in [0.29, 0.717) is 5.79 Å². The first-order chi connectivity index (χ1) is 6.45. The molecule has 0 aromatic heterocycles. The predicted molar refractivity (Wildman–Crippen MR) is 50.0 cm³/mol. The Balaban J connectivity index is 1.63. The Kier molecular flexibility index (Phi) is 1.16. The van der Waals surface area contributed by atoms with E-state index in [1.807, 2.05) is 0 Å². The van der Waals surface area contributed by atoms with Gasteiger partial charge in [-0.2, -0.15) is 0 Å². The molecule has 0 aromatic carbocycles. The minimum absolute atomic E-state index is 0.499. The third-order valence-corrected chi connectivity index (χ3v) is 4.27. The number of hydrogen-bond acceptors (Lipinski definition) is 3. The minimum Gasteiger partial charge on any atom is -0.270 e. The van der Waals surface area contributed by atoms with Crippen molar-refractivity contribution in [3.8, 4) is 0 Å². The summed E-state index contributed by atoms with van der Waals surface area (Å²) in [6.45, 7) is 5.42. The summed E-state index contributed by atoms with van der Waals surface area (Å²) in [4.78, 5) is 8.12.